The van der Waals surface area contributed by atoms with Crippen molar-refractivity contribution in [1.82, 2.24) is 0 Å². The molecule has 0 aliphatic heterocycles. The minimum absolute atomic E-state index is 0. The van der Waals surface area contributed by atoms with E-state index in [1.54, 1.807) is 12.1 Å². The molecule has 0 unspecified atom stereocenters. The number of allylic oxidation sites excluding steroid dienone is 1. The van der Waals surface area contributed by atoms with Gasteiger partial charge in [0.25, 0.3) is 0 Å². The molecular weight excluding hydrogens is 331 g/mol. The summed E-state index contributed by atoms with van der Waals surface area (Å²) in [5.74, 6) is -1.14. The van der Waals surface area contributed by atoms with Gasteiger partial charge < -0.3 is 14.8 Å². The van der Waals surface area contributed by atoms with E-state index in [0.717, 1.165) is 12.1 Å². The number of phenols is 2. The summed E-state index contributed by atoms with van der Waals surface area (Å²) in [5, 5.41) is 18.5. The van der Waals surface area contributed by atoms with E-state index in [9.17, 15) is 22.9 Å². The number of carbonyl (C=O) groups excluding carboxylic acids is 1. The Balaban J connectivity index is 0.00000264. The van der Waals surface area contributed by atoms with Crippen LogP contribution < -0.4 is 29.6 Å². The van der Waals surface area contributed by atoms with Crippen LogP contribution in [0.4, 0.5) is 0 Å². The van der Waals surface area contributed by atoms with Gasteiger partial charge >= 0.3 is 29.6 Å². The second kappa shape index (κ2) is 7.76. The van der Waals surface area contributed by atoms with Gasteiger partial charge in [-0.15, -0.1) is 0 Å². The molecule has 0 saturated carbocycles. The maximum absolute atomic E-state index is 12.0. The predicted octanol–water partition coefficient (Wildman–Crippen LogP) is -1.10. The second-order valence-electron chi connectivity index (χ2n) is 4.43. The van der Waals surface area contributed by atoms with Gasteiger partial charge in [0.05, 0.1) is 4.90 Å². The van der Waals surface area contributed by atoms with E-state index in [-0.39, 0.29) is 40.9 Å². The molecule has 0 aliphatic rings. The Bertz CT molecular complexity index is 841. The molecule has 2 rings (SSSR count). The van der Waals surface area contributed by atoms with Gasteiger partial charge in [0.15, 0.2) is 5.78 Å². The zero-order chi connectivity index (χ0) is 16.3. The Labute approximate surface area is 155 Å². The molecule has 0 saturated heterocycles. The van der Waals surface area contributed by atoms with Crippen LogP contribution in [0.2, 0.25) is 0 Å². The summed E-state index contributed by atoms with van der Waals surface area (Å²) in [7, 11) is -4.87. The molecule has 2 aromatic rings. The summed E-state index contributed by atoms with van der Waals surface area (Å²) in [5.41, 5.74) is 0.615. The molecule has 0 bridgehead atoms. The van der Waals surface area contributed by atoms with Crippen molar-refractivity contribution in [3.05, 3.63) is 59.7 Å². The van der Waals surface area contributed by atoms with E-state index in [1.165, 1.54) is 30.4 Å². The predicted molar refractivity (Wildman–Crippen MR) is 77.5 cm³/mol. The maximum Gasteiger partial charge on any atom is 1.00 e. The number of aromatic hydroxyl groups is 2. The van der Waals surface area contributed by atoms with Crippen LogP contribution in [0.5, 0.6) is 11.5 Å². The molecule has 0 heterocycles. The summed E-state index contributed by atoms with van der Waals surface area (Å²) in [6.07, 6.45) is 2.67. The molecule has 0 spiro atoms. The summed E-state index contributed by atoms with van der Waals surface area (Å²) in [6, 6.07) is 9.10. The molecule has 0 radical (unpaired) electrons. The van der Waals surface area contributed by atoms with E-state index in [2.05, 4.69) is 0 Å². The van der Waals surface area contributed by atoms with Crippen LogP contribution in [0.25, 0.3) is 6.08 Å². The van der Waals surface area contributed by atoms with Crippen molar-refractivity contribution in [1.29, 1.82) is 0 Å². The number of benzene rings is 2. The minimum atomic E-state index is -4.87. The normalized spacial score (nSPS) is 11.2. The molecule has 0 aromatic heterocycles. The van der Waals surface area contributed by atoms with Crippen molar-refractivity contribution in [3.8, 4) is 11.5 Å². The molecular formula is C15H11NaO6S. The molecule has 0 amide bonds. The van der Waals surface area contributed by atoms with Gasteiger partial charge in [-0.3, -0.25) is 4.79 Å². The molecule has 0 fully saturated rings. The van der Waals surface area contributed by atoms with Gasteiger partial charge in [-0.05, 0) is 42.0 Å². The molecule has 0 aliphatic carbocycles. The summed E-state index contributed by atoms with van der Waals surface area (Å²) < 4.78 is 32.9. The molecule has 2 aromatic carbocycles. The van der Waals surface area contributed by atoms with Crippen molar-refractivity contribution in [2.24, 2.45) is 0 Å². The standard InChI is InChI=1S/C15H12O6S.Na/c16-12-5-1-10(2-6-12)3-7-13(17)11-4-8-14(18)15(9-11)22(19,20)21;/h1-9,16,18H,(H,19,20,21);/q;+1/p-1/b7-3+;. The molecule has 6 nitrogen and oxygen atoms in total. The maximum atomic E-state index is 12.0. The van der Waals surface area contributed by atoms with Gasteiger partial charge in [0, 0.05) is 5.56 Å². The number of rotatable bonds is 4. The van der Waals surface area contributed by atoms with Crippen LogP contribution >= 0.6 is 0 Å². The quantitative estimate of drug-likeness (QED) is 0.316. The molecule has 2 N–H and O–H groups in total. The zero-order valence-electron chi connectivity index (χ0n) is 12.1. The number of hydrogen-bond donors (Lipinski definition) is 2. The molecule has 114 valence electrons. The van der Waals surface area contributed by atoms with E-state index in [4.69, 9.17) is 5.11 Å². The first-order valence-corrected chi connectivity index (χ1v) is 7.48. The van der Waals surface area contributed by atoms with Crippen LogP contribution in [0, 0.1) is 0 Å². The summed E-state index contributed by atoms with van der Waals surface area (Å²) in [4.78, 5) is 11.1. The monoisotopic (exact) mass is 342 g/mol. The van der Waals surface area contributed by atoms with Crippen molar-refractivity contribution in [2.75, 3.05) is 0 Å². The van der Waals surface area contributed by atoms with Crippen LogP contribution in [0.3, 0.4) is 0 Å². The second-order valence-corrected chi connectivity index (χ2v) is 5.77. The Morgan fingerprint density at radius 2 is 1.65 bits per heavy atom. The topological polar surface area (TPSA) is 115 Å². The molecule has 8 heteroatoms. The summed E-state index contributed by atoms with van der Waals surface area (Å²) in [6.45, 7) is 0. The fraction of sp³-hybridized carbons (Fsp3) is 0. The van der Waals surface area contributed by atoms with E-state index in [1.807, 2.05) is 0 Å². The first-order chi connectivity index (χ1) is 10.3. The average molecular weight is 342 g/mol. The average Bonchev–Trinajstić information content (AvgIpc) is 2.45. The van der Waals surface area contributed by atoms with Crippen molar-refractivity contribution < 1.29 is 57.5 Å². The Morgan fingerprint density at radius 3 is 2.22 bits per heavy atom. The Morgan fingerprint density at radius 1 is 1.04 bits per heavy atom. The minimum Gasteiger partial charge on any atom is -0.744 e. The Kier molecular flexibility index (Phi) is 6.55. The van der Waals surface area contributed by atoms with Gasteiger partial charge in [0.1, 0.15) is 21.6 Å². The molecule has 0 atom stereocenters. The summed E-state index contributed by atoms with van der Waals surface area (Å²) >= 11 is 0. The van der Waals surface area contributed by atoms with Gasteiger partial charge in [0.2, 0.25) is 0 Å². The van der Waals surface area contributed by atoms with E-state index >= 15 is 0 Å². The molecule has 23 heavy (non-hydrogen) atoms. The third-order valence-corrected chi connectivity index (χ3v) is 3.70. The fourth-order valence-electron chi connectivity index (χ4n) is 1.72. The van der Waals surface area contributed by atoms with Crippen molar-refractivity contribution >= 4 is 22.0 Å². The van der Waals surface area contributed by atoms with Crippen LogP contribution in [0.1, 0.15) is 15.9 Å². The first kappa shape index (κ1) is 19.4. The van der Waals surface area contributed by atoms with Crippen molar-refractivity contribution in [2.45, 2.75) is 4.90 Å². The smallest absolute Gasteiger partial charge is 0.744 e. The first-order valence-electron chi connectivity index (χ1n) is 6.08. The van der Waals surface area contributed by atoms with E-state index < -0.39 is 26.5 Å². The van der Waals surface area contributed by atoms with Crippen LogP contribution in [-0.4, -0.2) is 29.0 Å². The van der Waals surface area contributed by atoms with Crippen molar-refractivity contribution in [3.63, 3.8) is 0 Å². The van der Waals surface area contributed by atoms with E-state index in [0.29, 0.717) is 5.56 Å². The number of ketones is 1. The van der Waals surface area contributed by atoms with Crippen LogP contribution in [0.15, 0.2) is 53.4 Å². The van der Waals surface area contributed by atoms with Crippen LogP contribution in [-0.2, 0) is 10.1 Å². The third-order valence-electron chi connectivity index (χ3n) is 2.83. The van der Waals surface area contributed by atoms with Gasteiger partial charge in [-0.1, -0.05) is 18.2 Å². The van der Waals surface area contributed by atoms with Gasteiger partial charge in [-0.25, -0.2) is 8.42 Å². The number of phenolic OH excluding ortho intramolecular Hbond substituents is 2. The van der Waals surface area contributed by atoms with Gasteiger partial charge in [-0.2, -0.15) is 0 Å². The largest absolute Gasteiger partial charge is 1.00 e. The third kappa shape index (κ3) is 5.19. The number of hydrogen-bond acceptors (Lipinski definition) is 6. The fourth-order valence-corrected chi connectivity index (χ4v) is 2.32. The zero-order valence-corrected chi connectivity index (χ0v) is 14.9. The number of carbonyl (C=O) groups is 1. The Hall–Kier alpha value is -1.64. The SMILES string of the molecule is O=C(/C=C/c1ccc(O)cc1)c1ccc(O)c(S(=O)(=O)[O-])c1.[Na+].